The maximum atomic E-state index is 12.0. The van der Waals surface area contributed by atoms with Gasteiger partial charge in [0.25, 0.3) is 0 Å². The topological polar surface area (TPSA) is 18.5 Å². The van der Waals surface area contributed by atoms with Crippen LogP contribution in [-0.2, 0) is 0 Å². The first-order chi connectivity index (χ1) is 7.38. The van der Waals surface area contributed by atoms with Crippen LogP contribution in [0.4, 0.5) is 13.2 Å². The lowest BCUT2D eigenvalue weighted by Gasteiger charge is -2.14. The first-order valence-corrected chi connectivity index (χ1v) is 4.86. The lowest BCUT2D eigenvalue weighted by molar-refractivity contribution is -0.275. The van der Waals surface area contributed by atoms with E-state index < -0.39 is 6.36 Å². The molecule has 0 aliphatic rings. The maximum absolute atomic E-state index is 12.0. The third-order valence-electron chi connectivity index (χ3n) is 1.65. The molecule has 0 heterocycles. The van der Waals surface area contributed by atoms with Crippen LogP contribution in [-0.4, -0.2) is 13.0 Å². The van der Waals surface area contributed by atoms with Crippen molar-refractivity contribution < 1.29 is 22.6 Å². The van der Waals surface area contributed by atoms with E-state index >= 15 is 0 Å². The molecule has 1 rings (SSSR count). The van der Waals surface area contributed by atoms with E-state index in [1.165, 1.54) is 18.2 Å². The number of rotatable bonds is 4. The van der Waals surface area contributed by atoms with Crippen molar-refractivity contribution in [3.8, 4) is 11.5 Å². The Bertz CT molecular complexity index is 334. The van der Waals surface area contributed by atoms with Crippen molar-refractivity contribution in [2.75, 3.05) is 6.61 Å². The predicted octanol–water partition coefficient (Wildman–Crippen LogP) is 3.62. The molecule has 5 heteroatoms. The van der Waals surface area contributed by atoms with Crippen molar-refractivity contribution in [1.82, 2.24) is 0 Å². The first kappa shape index (κ1) is 12.7. The summed E-state index contributed by atoms with van der Waals surface area (Å²) in [6, 6.07) is 5.73. The molecule has 0 bridgehead atoms. The minimum Gasteiger partial charge on any atom is -0.489 e. The lowest BCUT2D eigenvalue weighted by atomic mass is 10.2. The van der Waals surface area contributed by atoms with Gasteiger partial charge in [0.15, 0.2) is 11.5 Å². The van der Waals surface area contributed by atoms with Gasteiger partial charge >= 0.3 is 6.36 Å². The Balaban J connectivity index is 2.75. The van der Waals surface area contributed by atoms with E-state index in [1.807, 2.05) is 13.8 Å². The van der Waals surface area contributed by atoms with Crippen LogP contribution in [0, 0.1) is 5.92 Å². The summed E-state index contributed by atoms with van der Waals surface area (Å²) in [7, 11) is 0. The number of hydrogen-bond acceptors (Lipinski definition) is 2. The zero-order valence-electron chi connectivity index (χ0n) is 9.04. The number of alkyl halides is 3. The minimum absolute atomic E-state index is 0.105. The molecule has 0 aliphatic carbocycles. The fraction of sp³-hybridized carbons (Fsp3) is 0.455. The molecule has 0 saturated heterocycles. The monoisotopic (exact) mass is 234 g/mol. The largest absolute Gasteiger partial charge is 0.573 e. The summed E-state index contributed by atoms with van der Waals surface area (Å²) in [4.78, 5) is 0. The molecular formula is C11H13F3O2. The minimum atomic E-state index is -4.70. The predicted molar refractivity (Wildman–Crippen MR) is 53.5 cm³/mol. The SMILES string of the molecule is CC(C)COc1ccccc1OC(F)(F)F. The van der Waals surface area contributed by atoms with Gasteiger partial charge in [0.05, 0.1) is 6.61 Å². The number of hydrogen-bond donors (Lipinski definition) is 0. The molecule has 0 aliphatic heterocycles. The third kappa shape index (κ3) is 4.42. The molecule has 0 unspecified atom stereocenters. The van der Waals surface area contributed by atoms with Crippen LogP contribution < -0.4 is 9.47 Å². The van der Waals surface area contributed by atoms with Gasteiger partial charge < -0.3 is 9.47 Å². The van der Waals surface area contributed by atoms with Gasteiger partial charge in [-0.2, -0.15) is 0 Å². The van der Waals surface area contributed by atoms with Crippen LogP contribution in [0.5, 0.6) is 11.5 Å². The van der Waals surface area contributed by atoms with E-state index in [4.69, 9.17) is 4.74 Å². The molecule has 0 fully saturated rings. The second-order valence-electron chi connectivity index (χ2n) is 3.70. The molecule has 0 N–H and O–H groups in total. The Morgan fingerprint density at radius 1 is 1.12 bits per heavy atom. The van der Waals surface area contributed by atoms with E-state index in [9.17, 15) is 13.2 Å². The molecule has 0 atom stereocenters. The number of halogens is 3. The van der Waals surface area contributed by atoms with Gasteiger partial charge in [0.2, 0.25) is 0 Å². The normalized spacial score (nSPS) is 11.6. The maximum Gasteiger partial charge on any atom is 0.573 e. The molecular weight excluding hydrogens is 221 g/mol. The van der Waals surface area contributed by atoms with E-state index in [-0.39, 0.29) is 17.4 Å². The van der Waals surface area contributed by atoms with E-state index in [0.29, 0.717) is 6.61 Å². The summed E-state index contributed by atoms with van der Waals surface area (Å²) < 4.78 is 45.2. The Labute approximate surface area is 92.0 Å². The van der Waals surface area contributed by atoms with Crippen LogP contribution in [0.2, 0.25) is 0 Å². The highest BCUT2D eigenvalue weighted by atomic mass is 19.4. The number of ether oxygens (including phenoxy) is 2. The Kier molecular flexibility index (Phi) is 4.04. The van der Waals surface area contributed by atoms with Gasteiger partial charge in [-0.3, -0.25) is 0 Å². The molecule has 0 saturated carbocycles. The fourth-order valence-corrected chi connectivity index (χ4v) is 1.03. The quantitative estimate of drug-likeness (QED) is 0.792. The summed E-state index contributed by atoms with van der Waals surface area (Å²) >= 11 is 0. The molecule has 0 aromatic heterocycles. The highest BCUT2D eigenvalue weighted by Gasteiger charge is 2.32. The molecule has 16 heavy (non-hydrogen) atoms. The molecule has 2 nitrogen and oxygen atoms in total. The second-order valence-corrected chi connectivity index (χ2v) is 3.70. The molecule has 90 valence electrons. The molecule has 0 radical (unpaired) electrons. The average Bonchev–Trinajstić information content (AvgIpc) is 2.14. The van der Waals surface area contributed by atoms with Crippen LogP contribution in [0.25, 0.3) is 0 Å². The lowest BCUT2D eigenvalue weighted by Crippen LogP contribution is -2.18. The van der Waals surface area contributed by atoms with Gasteiger partial charge in [0, 0.05) is 0 Å². The van der Waals surface area contributed by atoms with Crippen molar-refractivity contribution in [3.63, 3.8) is 0 Å². The average molecular weight is 234 g/mol. The summed E-state index contributed by atoms with van der Waals surface area (Å²) in [5, 5.41) is 0. The van der Waals surface area contributed by atoms with Crippen molar-refractivity contribution in [2.24, 2.45) is 5.92 Å². The van der Waals surface area contributed by atoms with Crippen molar-refractivity contribution in [3.05, 3.63) is 24.3 Å². The number of para-hydroxylation sites is 2. The van der Waals surface area contributed by atoms with E-state index in [0.717, 1.165) is 0 Å². The Morgan fingerprint density at radius 2 is 1.69 bits per heavy atom. The van der Waals surface area contributed by atoms with E-state index in [2.05, 4.69) is 4.74 Å². The highest BCUT2D eigenvalue weighted by Crippen LogP contribution is 2.31. The van der Waals surface area contributed by atoms with E-state index in [1.54, 1.807) is 6.07 Å². The standard InChI is InChI=1S/C11H13F3O2/c1-8(2)7-15-9-5-3-4-6-10(9)16-11(12,13)14/h3-6,8H,7H2,1-2H3. The Hall–Kier alpha value is -1.39. The second kappa shape index (κ2) is 5.09. The van der Waals surface area contributed by atoms with Gasteiger partial charge in [-0.05, 0) is 18.1 Å². The number of benzene rings is 1. The molecule has 0 spiro atoms. The van der Waals surface area contributed by atoms with Crippen molar-refractivity contribution in [2.45, 2.75) is 20.2 Å². The third-order valence-corrected chi connectivity index (χ3v) is 1.65. The molecule has 1 aromatic rings. The van der Waals surface area contributed by atoms with Crippen molar-refractivity contribution >= 4 is 0 Å². The zero-order valence-corrected chi connectivity index (χ0v) is 9.04. The summed E-state index contributed by atoms with van der Waals surface area (Å²) in [5.74, 6) is 0.0307. The van der Waals surface area contributed by atoms with Crippen LogP contribution in [0.3, 0.4) is 0 Å². The summed E-state index contributed by atoms with van der Waals surface area (Å²) in [5.41, 5.74) is 0. The highest BCUT2D eigenvalue weighted by molar-refractivity contribution is 5.39. The zero-order chi connectivity index (χ0) is 12.2. The smallest absolute Gasteiger partial charge is 0.489 e. The van der Waals surface area contributed by atoms with Crippen LogP contribution >= 0.6 is 0 Å². The summed E-state index contributed by atoms with van der Waals surface area (Å²) in [6.45, 7) is 4.17. The Morgan fingerprint density at radius 3 is 2.19 bits per heavy atom. The van der Waals surface area contributed by atoms with Crippen molar-refractivity contribution in [1.29, 1.82) is 0 Å². The van der Waals surface area contributed by atoms with Gasteiger partial charge in [-0.25, -0.2) is 0 Å². The first-order valence-electron chi connectivity index (χ1n) is 4.86. The fourth-order valence-electron chi connectivity index (χ4n) is 1.03. The van der Waals surface area contributed by atoms with Gasteiger partial charge in [-0.15, -0.1) is 13.2 Å². The van der Waals surface area contributed by atoms with Gasteiger partial charge in [0.1, 0.15) is 0 Å². The van der Waals surface area contributed by atoms with Gasteiger partial charge in [-0.1, -0.05) is 26.0 Å². The molecule has 1 aromatic carbocycles. The molecule has 0 amide bonds. The van der Waals surface area contributed by atoms with Crippen LogP contribution in [0.1, 0.15) is 13.8 Å². The summed E-state index contributed by atoms with van der Waals surface area (Å²) in [6.07, 6.45) is -4.70. The van der Waals surface area contributed by atoms with Crippen LogP contribution in [0.15, 0.2) is 24.3 Å².